The van der Waals surface area contributed by atoms with Gasteiger partial charge in [-0.15, -0.1) is 0 Å². The molecular formula is C25H34ClN3O6S. The van der Waals surface area contributed by atoms with E-state index in [2.05, 4.69) is 5.32 Å². The van der Waals surface area contributed by atoms with Crippen molar-refractivity contribution in [3.8, 4) is 11.5 Å². The van der Waals surface area contributed by atoms with Gasteiger partial charge in [0.05, 0.1) is 26.2 Å². The van der Waals surface area contributed by atoms with Crippen molar-refractivity contribution in [2.24, 2.45) is 5.92 Å². The molecule has 0 bridgehead atoms. The monoisotopic (exact) mass is 539 g/mol. The Morgan fingerprint density at radius 1 is 1.03 bits per heavy atom. The van der Waals surface area contributed by atoms with Crippen molar-refractivity contribution >= 4 is 39.1 Å². The fraction of sp³-hybridized carbons (Fsp3) is 0.440. The van der Waals surface area contributed by atoms with E-state index in [1.807, 2.05) is 13.8 Å². The van der Waals surface area contributed by atoms with Gasteiger partial charge in [-0.1, -0.05) is 37.6 Å². The zero-order chi connectivity index (χ0) is 27.0. The lowest BCUT2D eigenvalue weighted by Crippen LogP contribution is -2.51. The number of nitrogens with zero attached hydrogens (tertiary/aromatic N) is 2. The molecule has 2 aromatic carbocycles. The highest BCUT2D eigenvalue weighted by Crippen LogP contribution is 2.33. The fourth-order valence-corrected chi connectivity index (χ4v) is 4.43. The maximum Gasteiger partial charge on any atom is 0.244 e. The quantitative estimate of drug-likeness (QED) is 0.443. The number of carbonyl (C=O) groups is 2. The highest BCUT2D eigenvalue weighted by Gasteiger charge is 2.31. The summed E-state index contributed by atoms with van der Waals surface area (Å²) in [6, 6.07) is 10.7. The molecule has 0 aliphatic rings. The van der Waals surface area contributed by atoms with Gasteiger partial charge in [0.1, 0.15) is 24.1 Å². The molecule has 0 saturated heterocycles. The average Bonchev–Trinajstić information content (AvgIpc) is 2.83. The zero-order valence-electron chi connectivity index (χ0n) is 21.4. The van der Waals surface area contributed by atoms with E-state index in [0.717, 1.165) is 16.1 Å². The molecule has 0 fully saturated rings. The van der Waals surface area contributed by atoms with Crippen LogP contribution in [0, 0.1) is 5.92 Å². The molecule has 2 amide bonds. The van der Waals surface area contributed by atoms with Crippen molar-refractivity contribution in [3.05, 3.63) is 53.1 Å². The third-order valence-corrected chi connectivity index (χ3v) is 6.81. The lowest BCUT2D eigenvalue weighted by molar-refractivity contribution is -0.139. The first-order valence-corrected chi connectivity index (χ1v) is 13.6. The van der Waals surface area contributed by atoms with Gasteiger partial charge < -0.3 is 19.7 Å². The van der Waals surface area contributed by atoms with Crippen molar-refractivity contribution < 1.29 is 27.5 Å². The number of sulfonamides is 1. The Kier molecular flexibility index (Phi) is 10.4. The zero-order valence-corrected chi connectivity index (χ0v) is 23.0. The number of halogens is 1. The summed E-state index contributed by atoms with van der Waals surface area (Å²) in [6.07, 6.45) is 0.993. The Labute approximate surface area is 218 Å². The lowest BCUT2D eigenvalue weighted by atomic mass is 10.1. The second-order valence-corrected chi connectivity index (χ2v) is 11.1. The van der Waals surface area contributed by atoms with Gasteiger partial charge in [0.25, 0.3) is 0 Å². The Morgan fingerprint density at radius 2 is 1.67 bits per heavy atom. The second kappa shape index (κ2) is 12.8. The fourth-order valence-electron chi connectivity index (χ4n) is 3.42. The Hall–Kier alpha value is -2.98. The second-order valence-electron chi connectivity index (χ2n) is 8.77. The lowest BCUT2D eigenvalue weighted by Gasteiger charge is -2.32. The van der Waals surface area contributed by atoms with Gasteiger partial charge in [0, 0.05) is 18.1 Å². The Morgan fingerprint density at radius 3 is 2.19 bits per heavy atom. The predicted molar refractivity (Wildman–Crippen MR) is 141 cm³/mol. The minimum absolute atomic E-state index is 0.0867. The van der Waals surface area contributed by atoms with Crippen LogP contribution in [-0.4, -0.2) is 64.7 Å². The predicted octanol–water partition coefficient (Wildman–Crippen LogP) is 3.31. The molecule has 0 heterocycles. The summed E-state index contributed by atoms with van der Waals surface area (Å²) < 4.78 is 36.9. The summed E-state index contributed by atoms with van der Waals surface area (Å²) in [5, 5.41) is 3.12. The van der Waals surface area contributed by atoms with E-state index < -0.39 is 28.5 Å². The molecular weight excluding hydrogens is 506 g/mol. The number of rotatable bonds is 12. The number of ether oxygens (including phenoxy) is 2. The number of hydrogen-bond donors (Lipinski definition) is 1. The summed E-state index contributed by atoms with van der Waals surface area (Å²) >= 11 is 6.12. The molecule has 198 valence electrons. The van der Waals surface area contributed by atoms with E-state index in [0.29, 0.717) is 12.3 Å². The minimum atomic E-state index is -3.92. The third kappa shape index (κ3) is 8.03. The number of nitrogens with one attached hydrogen (secondary N) is 1. The molecule has 2 rings (SSSR count). The average molecular weight is 540 g/mol. The van der Waals surface area contributed by atoms with E-state index >= 15 is 0 Å². The Balaban J connectivity index is 2.43. The van der Waals surface area contributed by atoms with Crippen LogP contribution < -0.4 is 19.1 Å². The van der Waals surface area contributed by atoms with Crippen LogP contribution in [0.15, 0.2) is 42.5 Å². The van der Waals surface area contributed by atoms with E-state index in [4.69, 9.17) is 21.1 Å². The highest BCUT2D eigenvalue weighted by molar-refractivity contribution is 7.92. The van der Waals surface area contributed by atoms with Gasteiger partial charge in [0.15, 0.2) is 0 Å². The molecule has 0 radical (unpaired) electrons. The molecule has 0 saturated carbocycles. The topological polar surface area (TPSA) is 105 Å². The van der Waals surface area contributed by atoms with Crippen LogP contribution in [0.2, 0.25) is 5.02 Å². The number of anilines is 1. The maximum atomic E-state index is 13.6. The third-order valence-electron chi connectivity index (χ3n) is 5.45. The summed E-state index contributed by atoms with van der Waals surface area (Å²) in [5.74, 6) is 0.211. The van der Waals surface area contributed by atoms with Gasteiger partial charge in [0.2, 0.25) is 21.8 Å². The number of carbonyl (C=O) groups excluding carboxylic acids is 2. The molecule has 0 aliphatic carbocycles. The van der Waals surface area contributed by atoms with Crippen LogP contribution in [0.3, 0.4) is 0 Å². The molecule has 36 heavy (non-hydrogen) atoms. The number of benzene rings is 2. The maximum absolute atomic E-state index is 13.6. The summed E-state index contributed by atoms with van der Waals surface area (Å²) in [5.41, 5.74) is 0.876. The SMILES string of the molecule is COc1ccc(CN(C(=O)CN(c2cc(Cl)ccc2OC)S(C)(=O)=O)[C@@H](C)C(=O)NCC(C)C)cc1. The Bertz CT molecular complexity index is 1150. The summed E-state index contributed by atoms with van der Waals surface area (Å²) in [4.78, 5) is 27.9. The smallest absolute Gasteiger partial charge is 0.244 e. The van der Waals surface area contributed by atoms with Gasteiger partial charge >= 0.3 is 0 Å². The first-order chi connectivity index (χ1) is 16.9. The van der Waals surface area contributed by atoms with Gasteiger partial charge in [-0.25, -0.2) is 8.42 Å². The van der Waals surface area contributed by atoms with E-state index in [1.165, 1.54) is 24.1 Å². The van der Waals surface area contributed by atoms with Crippen molar-refractivity contribution in [3.63, 3.8) is 0 Å². The van der Waals surface area contributed by atoms with Crippen molar-refractivity contribution in [1.29, 1.82) is 0 Å². The van der Waals surface area contributed by atoms with E-state index in [9.17, 15) is 18.0 Å². The molecule has 11 heteroatoms. The van der Waals surface area contributed by atoms with Gasteiger partial charge in [-0.2, -0.15) is 0 Å². The van der Waals surface area contributed by atoms with Gasteiger partial charge in [-0.3, -0.25) is 13.9 Å². The number of amides is 2. The van der Waals surface area contributed by atoms with Crippen LogP contribution in [0.25, 0.3) is 0 Å². The molecule has 2 aromatic rings. The van der Waals surface area contributed by atoms with Crippen LogP contribution >= 0.6 is 11.6 Å². The van der Waals surface area contributed by atoms with E-state index in [-0.39, 0.29) is 34.8 Å². The molecule has 0 aromatic heterocycles. The first kappa shape index (κ1) is 29.3. The van der Waals surface area contributed by atoms with Gasteiger partial charge in [-0.05, 0) is 48.7 Å². The molecule has 1 atom stereocenters. The minimum Gasteiger partial charge on any atom is -0.497 e. The molecule has 0 aliphatic heterocycles. The van der Waals surface area contributed by atoms with Crippen LogP contribution in [0.4, 0.5) is 5.69 Å². The normalized spacial score (nSPS) is 12.1. The summed E-state index contributed by atoms with van der Waals surface area (Å²) in [6.45, 7) is 5.53. The summed E-state index contributed by atoms with van der Waals surface area (Å²) in [7, 11) is -0.969. The number of methoxy groups -OCH3 is 2. The highest BCUT2D eigenvalue weighted by atomic mass is 35.5. The molecule has 1 N–H and O–H groups in total. The van der Waals surface area contributed by atoms with Crippen LogP contribution in [-0.2, 0) is 26.2 Å². The molecule has 9 nitrogen and oxygen atoms in total. The molecule has 0 spiro atoms. The molecule has 0 unspecified atom stereocenters. The van der Waals surface area contributed by atoms with E-state index in [1.54, 1.807) is 44.4 Å². The van der Waals surface area contributed by atoms with Crippen molar-refractivity contribution in [2.75, 3.05) is 37.9 Å². The van der Waals surface area contributed by atoms with Crippen LogP contribution in [0.5, 0.6) is 11.5 Å². The largest absolute Gasteiger partial charge is 0.497 e. The van der Waals surface area contributed by atoms with Crippen molar-refractivity contribution in [1.82, 2.24) is 10.2 Å². The number of hydrogen-bond acceptors (Lipinski definition) is 6. The first-order valence-electron chi connectivity index (χ1n) is 11.4. The van der Waals surface area contributed by atoms with Crippen molar-refractivity contribution in [2.45, 2.75) is 33.4 Å². The standard InChI is InChI=1S/C25H34ClN3O6S/c1-17(2)14-27-25(31)18(3)28(15-19-7-10-21(34-4)11-8-19)24(30)16-29(36(6,32)33)22-13-20(26)9-12-23(22)35-5/h7-13,17-18H,14-16H2,1-6H3,(H,27,31)/t18-/m0/s1. The van der Waals surface area contributed by atoms with Crippen LogP contribution in [0.1, 0.15) is 26.3 Å².